The van der Waals surface area contributed by atoms with Gasteiger partial charge in [-0.2, -0.15) is 0 Å². The van der Waals surface area contributed by atoms with Gasteiger partial charge in [-0.25, -0.2) is 4.79 Å². The summed E-state index contributed by atoms with van der Waals surface area (Å²) in [4.78, 5) is 11.4. The smallest absolute Gasteiger partial charge is 0.377 e. The predicted molar refractivity (Wildman–Crippen MR) is 86.5 cm³/mol. The lowest BCUT2D eigenvalue weighted by atomic mass is 9.97. The fourth-order valence-corrected chi connectivity index (χ4v) is 3.86. The Labute approximate surface area is 142 Å². The molecule has 6 nitrogen and oxygen atoms in total. The highest BCUT2D eigenvalue weighted by atomic mass is 16.8. The molecule has 24 heavy (non-hydrogen) atoms. The van der Waals surface area contributed by atoms with Crippen molar-refractivity contribution >= 4 is 5.97 Å². The van der Waals surface area contributed by atoms with Crippen LogP contribution in [0.5, 0.6) is 0 Å². The number of hydrogen-bond acceptors (Lipinski definition) is 6. The molecule has 6 heteroatoms. The van der Waals surface area contributed by atoms with Crippen LogP contribution in [-0.2, 0) is 19.0 Å². The van der Waals surface area contributed by atoms with Gasteiger partial charge in [-0.3, -0.25) is 0 Å². The molecule has 1 saturated heterocycles. The van der Waals surface area contributed by atoms with Gasteiger partial charge in [0.1, 0.15) is 6.10 Å². The molecule has 0 amide bonds. The summed E-state index contributed by atoms with van der Waals surface area (Å²) in [6, 6.07) is 0. The molecule has 2 heterocycles. The first-order valence-corrected chi connectivity index (χ1v) is 9.26. The van der Waals surface area contributed by atoms with E-state index in [2.05, 4.69) is 0 Å². The highest BCUT2D eigenvalue weighted by Gasteiger charge is 2.49. The maximum Gasteiger partial charge on any atom is 0.377 e. The Morgan fingerprint density at radius 2 is 1.42 bits per heavy atom. The van der Waals surface area contributed by atoms with E-state index in [0.717, 1.165) is 25.7 Å². The summed E-state index contributed by atoms with van der Waals surface area (Å²) in [6.07, 6.45) is 11.0. The quantitative estimate of drug-likeness (QED) is 0.709. The van der Waals surface area contributed by atoms with Crippen molar-refractivity contribution in [1.29, 1.82) is 0 Å². The second-order valence-corrected chi connectivity index (χ2v) is 7.12. The zero-order valence-corrected chi connectivity index (χ0v) is 14.2. The number of aliphatic hydroxyl groups is 2. The largest absolute Gasteiger partial charge is 0.505 e. The summed E-state index contributed by atoms with van der Waals surface area (Å²) < 4.78 is 17.2. The van der Waals surface area contributed by atoms with Crippen molar-refractivity contribution in [2.24, 2.45) is 0 Å². The van der Waals surface area contributed by atoms with Crippen LogP contribution in [0.25, 0.3) is 0 Å². The number of carbonyl (C=O) groups is 1. The average Bonchev–Trinajstić information content (AvgIpc) is 3.09. The molecular weight excluding hydrogens is 312 g/mol. The second kappa shape index (κ2) is 7.74. The van der Waals surface area contributed by atoms with Crippen molar-refractivity contribution in [2.75, 3.05) is 6.61 Å². The van der Waals surface area contributed by atoms with Crippen LogP contribution in [0, 0.1) is 0 Å². The number of aliphatic hydroxyl groups excluding tert-OH is 2. The topological polar surface area (TPSA) is 85.2 Å². The second-order valence-electron chi connectivity index (χ2n) is 7.12. The molecule has 0 bridgehead atoms. The normalized spacial score (nSPS) is 32.4. The van der Waals surface area contributed by atoms with Gasteiger partial charge in [0.15, 0.2) is 17.7 Å². The minimum atomic E-state index is -0.960. The Kier molecular flexibility index (Phi) is 5.66. The number of ether oxygens (including phenoxy) is 3. The molecule has 2 N–H and O–H groups in total. The SMILES string of the molecule is O=C1OC(C2COC3(CCCCCCCCCCC3)O2)C(O)=C1O. The lowest BCUT2D eigenvalue weighted by Gasteiger charge is -2.29. The molecule has 2 atom stereocenters. The third kappa shape index (κ3) is 3.86. The minimum absolute atomic E-state index is 0.259. The maximum absolute atomic E-state index is 11.4. The van der Waals surface area contributed by atoms with Gasteiger partial charge in [0, 0.05) is 12.8 Å². The number of esters is 1. The fourth-order valence-electron chi connectivity index (χ4n) is 3.86. The zero-order valence-electron chi connectivity index (χ0n) is 14.2. The Hall–Kier alpha value is -1.27. The van der Waals surface area contributed by atoms with Crippen LogP contribution in [0.15, 0.2) is 11.5 Å². The van der Waals surface area contributed by atoms with E-state index in [1.165, 1.54) is 44.9 Å². The minimum Gasteiger partial charge on any atom is -0.505 e. The van der Waals surface area contributed by atoms with E-state index in [1.54, 1.807) is 0 Å². The molecule has 136 valence electrons. The third-order valence-electron chi connectivity index (χ3n) is 5.27. The summed E-state index contributed by atoms with van der Waals surface area (Å²) in [7, 11) is 0. The van der Waals surface area contributed by atoms with Gasteiger partial charge in [0.2, 0.25) is 5.76 Å². The van der Waals surface area contributed by atoms with Crippen molar-refractivity contribution in [3.8, 4) is 0 Å². The molecule has 0 aromatic carbocycles. The van der Waals surface area contributed by atoms with Gasteiger partial charge in [-0.15, -0.1) is 0 Å². The number of carbonyl (C=O) groups excluding carboxylic acids is 1. The Balaban J connectivity index is 1.62. The van der Waals surface area contributed by atoms with Gasteiger partial charge < -0.3 is 24.4 Å². The zero-order chi connectivity index (χ0) is 17.0. The first-order chi connectivity index (χ1) is 11.6. The van der Waals surface area contributed by atoms with Crippen LogP contribution in [0.4, 0.5) is 0 Å². The number of rotatable bonds is 1. The van der Waals surface area contributed by atoms with E-state index in [4.69, 9.17) is 14.2 Å². The standard InChI is InChI=1S/C18H28O6/c19-14-15(20)17(21)23-16(14)13-12-22-18(24-13)10-8-6-4-2-1-3-5-7-9-11-18/h13,16,19-20H,1-12H2. The lowest BCUT2D eigenvalue weighted by Crippen LogP contribution is -2.35. The monoisotopic (exact) mass is 340 g/mol. The lowest BCUT2D eigenvalue weighted by molar-refractivity contribution is -0.191. The molecule has 1 saturated carbocycles. The van der Waals surface area contributed by atoms with Crippen molar-refractivity contribution in [1.82, 2.24) is 0 Å². The van der Waals surface area contributed by atoms with Crippen LogP contribution in [0.2, 0.25) is 0 Å². The molecule has 2 aliphatic heterocycles. The van der Waals surface area contributed by atoms with Crippen molar-refractivity contribution < 1.29 is 29.2 Å². The first-order valence-electron chi connectivity index (χ1n) is 9.26. The van der Waals surface area contributed by atoms with Crippen LogP contribution in [0.1, 0.15) is 70.6 Å². The van der Waals surface area contributed by atoms with Crippen LogP contribution < -0.4 is 0 Å². The third-order valence-corrected chi connectivity index (χ3v) is 5.27. The number of cyclic esters (lactones) is 1. The Morgan fingerprint density at radius 1 is 0.875 bits per heavy atom. The molecule has 1 spiro atoms. The van der Waals surface area contributed by atoms with E-state index < -0.39 is 35.5 Å². The summed E-state index contributed by atoms with van der Waals surface area (Å²) in [5.74, 6) is -2.71. The predicted octanol–water partition coefficient (Wildman–Crippen LogP) is 3.66. The van der Waals surface area contributed by atoms with Gasteiger partial charge in [-0.05, 0) is 12.8 Å². The molecule has 0 radical (unpaired) electrons. The molecule has 3 aliphatic rings. The van der Waals surface area contributed by atoms with Gasteiger partial charge in [-0.1, -0.05) is 44.9 Å². The fraction of sp³-hybridized carbons (Fsp3) is 0.833. The average molecular weight is 340 g/mol. The van der Waals surface area contributed by atoms with Gasteiger partial charge in [0.05, 0.1) is 6.61 Å². The molecular formula is C18H28O6. The van der Waals surface area contributed by atoms with Crippen molar-refractivity contribution in [3.63, 3.8) is 0 Å². The Morgan fingerprint density at radius 3 is 1.92 bits per heavy atom. The molecule has 0 aromatic rings. The highest BCUT2D eigenvalue weighted by Crippen LogP contribution is 2.38. The van der Waals surface area contributed by atoms with Crippen LogP contribution in [-0.4, -0.2) is 40.8 Å². The summed E-state index contributed by atoms with van der Waals surface area (Å²) in [6.45, 7) is 0.259. The first kappa shape index (κ1) is 17.5. The summed E-state index contributed by atoms with van der Waals surface area (Å²) in [5.41, 5.74) is 0. The highest BCUT2D eigenvalue weighted by molar-refractivity contribution is 5.89. The van der Waals surface area contributed by atoms with E-state index in [1.807, 2.05) is 0 Å². The molecule has 2 fully saturated rings. The van der Waals surface area contributed by atoms with Crippen LogP contribution >= 0.6 is 0 Å². The van der Waals surface area contributed by atoms with Gasteiger partial charge in [0.25, 0.3) is 0 Å². The van der Waals surface area contributed by atoms with Crippen molar-refractivity contribution in [2.45, 2.75) is 88.6 Å². The van der Waals surface area contributed by atoms with E-state index in [-0.39, 0.29) is 6.61 Å². The summed E-state index contributed by atoms with van der Waals surface area (Å²) >= 11 is 0. The van der Waals surface area contributed by atoms with Crippen LogP contribution in [0.3, 0.4) is 0 Å². The van der Waals surface area contributed by atoms with E-state index >= 15 is 0 Å². The molecule has 3 rings (SSSR count). The molecule has 2 unspecified atom stereocenters. The Bertz CT molecular complexity index is 474. The van der Waals surface area contributed by atoms with Crippen molar-refractivity contribution in [3.05, 3.63) is 11.5 Å². The molecule has 1 aliphatic carbocycles. The number of hydrogen-bond donors (Lipinski definition) is 2. The van der Waals surface area contributed by atoms with Gasteiger partial charge >= 0.3 is 5.97 Å². The maximum atomic E-state index is 11.4. The summed E-state index contributed by atoms with van der Waals surface area (Å²) in [5, 5.41) is 19.3. The van der Waals surface area contributed by atoms with E-state index in [9.17, 15) is 15.0 Å². The molecule has 0 aromatic heterocycles. The van der Waals surface area contributed by atoms with E-state index in [0.29, 0.717) is 0 Å².